The van der Waals surface area contributed by atoms with Gasteiger partial charge in [0.2, 0.25) is 5.91 Å². The van der Waals surface area contributed by atoms with Crippen molar-refractivity contribution in [2.24, 2.45) is 23.2 Å². The molecule has 4 aliphatic carbocycles. The van der Waals surface area contributed by atoms with E-state index in [0.717, 1.165) is 19.3 Å². The summed E-state index contributed by atoms with van der Waals surface area (Å²) in [7, 11) is 1.31. The maximum atomic E-state index is 13.4. The summed E-state index contributed by atoms with van der Waals surface area (Å²) in [5.41, 5.74) is 1.28. The summed E-state index contributed by atoms with van der Waals surface area (Å²) >= 11 is 6.15. The number of ether oxygens (including phenoxy) is 1. The van der Waals surface area contributed by atoms with Gasteiger partial charge in [0.1, 0.15) is 5.15 Å². The van der Waals surface area contributed by atoms with Crippen LogP contribution in [0.4, 0.5) is 5.69 Å². The fourth-order valence-corrected chi connectivity index (χ4v) is 6.40. The highest BCUT2D eigenvalue weighted by Gasteiger charge is 2.54. The lowest BCUT2D eigenvalue weighted by molar-refractivity contribution is -0.140. The van der Waals surface area contributed by atoms with Crippen molar-refractivity contribution >= 4 is 40.1 Å². The molecular weight excluding hydrogens is 376 g/mol. The number of pyridine rings is 1. The van der Waals surface area contributed by atoms with E-state index in [1.165, 1.54) is 26.4 Å². The third-order valence-electron chi connectivity index (χ3n) is 6.99. The predicted molar refractivity (Wildman–Crippen MR) is 107 cm³/mol. The molecule has 4 saturated carbocycles. The van der Waals surface area contributed by atoms with Gasteiger partial charge in [0.05, 0.1) is 29.3 Å². The normalized spacial score (nSPS) is 30.4. The number of nitrogens with one attached hydrogen (secondary N) is 1. The number of benzene rings is 1. The number of rotatable bonds is 3. The van der Waals surface area contributed by atoms with Gasteiger partial charge in [-0.1, -0.05) is 17.7 Å². The van der Waals surface area contributed by atoms with Crippen molar-refractivity contribution in [2.45, 2.75) is 38.5 Å². The van der Waals surface area contributed by atoms with E-state index in [9.17, 15) is 9.59 Å². The lowest BCUT2D eigenvalue weighted by atomic mass is 9.49. The van der Waals surface area contributed by atoms with E-state index in [1.54, 1.807) is 6.07 Å². The molecule has 2 aromatic rings. The number of fused-ring (bicyclic) bond motifs is 1. The standard InChI is InChI=1S/C22H23ClN2O3/c1-28-20(26)16-8-15-17(24-19(16)23)3-2-4-18(15)25-21(27)22-9-12-5-13(10-22)7-14(6-12)11-22/h2-4,8,12-14H,5-7,9-11H2,1H3,(H,25,27). The van der Waals surface area contributed by atoms with Gasteiger partial charge in [-0.25, -0.2) is 9.78 Å². The highest BCUT2D eigenvalue weighted by atomic mass is 35.5. The van der Waals surface area contributed by atoms with E-state index in [0.29, 0.717) is 34.3 Å². The van der Waals surface area contributed by atoms with Crippen LogP contribution in [0.1, 0.15) is 48.9 Å². The monoisotopic (exact) mass is 398 g/mol. The summed E-state index contributed by atoms with van der Waals surface area (Å²) in [5, 5.41) is 3.97. The minimum Gasteiger partial charge on any atom is -0.465 e. The van der Waals surface area contributed by atoms with Gasteiger partial charge in [0, 0.05) is 5.39 Å². The molecule has 1 amide bonds. The summed E-state index contributed by atoms with van der Waals surface area (Å²) < 4.78 is 4.80. The van der Waals surface area contributed by atoms with Crippen LogP contribution in [0.2, 0.25) is 5.15 Å². The molecule has 0 radical (unpaired) electrons. The second-order valence-electron chi connectivity index (χ2n) is 8.84. The highest BCUT2D eigenvalue weighted by molar-refractivity contribution is 6.33. The molecule has 5 nitrogen and oxygen atoms in total. The Kier molecular flexibility index (Phi) is 4.13. The molecule has 146 valence electrons. The first-order valence-electron chi connectivity index (χ1n) is 9.96. The number of amides is 1. The van der Waals surface area contributed by atoms with Crippen molar-refractivity contribution in [2.75, 3.05) is 12.4 Å². The number of carbonyl (C=O) groups is 2. The van der Waals surface area contributed by atoms with Crippen LogP contribution in [0, 0.1) is 23.2 Å². The smallest absolute Gasteiger partial charge is 0.341 e. The molecule has 4 bridgehead atoms. The fraction of sp³-hybridized carbons (Fsp3) is 0.500. The summed E-state index contributed by atoms with van der Waals surface area (Å²) in [4.78, 5) is 29.7. The first-order chi connectivity index (χ1) is 13.5. The number of hydrogen-bond acceptors (Lipinski definition) is 4. The van der Waals surface area contributed by atoms with Gasteiger partial charge in [-0.2, -0.15) is 0 Å². The molecule has 0 aliphatic heterocycles. The Morgan fingerprint density at radius 1 is 1.14 bits per heavy atom. The van der Waals surface area contributed by atoms with Crippen LogP contribution in [0.5, 0.6) is 0 Å². The van der Waals surface area contributed by atoms with Gasteiger partial charge in [-0.05, 0) is 74.5 Å². The fourth-order valence-electron chi connectivity index (χ4n) is 6.18. The molecule has 1 aromatic heterocycles. The second kappa shape index (κ2) is 6.45. The Morgan fingerprint density at radius 2 is 1.79 bits per heavy atom. The van der Waals surface area contributed by atoms with Gasteiger partial charge < -0.3 is 10.1 Å². The molecule has 1 aromatic carbocycles. The zero-order valence-electron chi connectivity index (χ0n) is 15.8. The van der Waals surface area contributed by atoms with Gasteiger partial charge in [0.15, 0.2) is 0 Å². The molecule has 0 spiro atoms. The maximum Gasteiger partial charge on any atom is 0.341 e. The number of carbonyl (C=O) groups excluding carboxylic acids is 2. The number of esters is 1. The van der Waals surface area contributed by atoms with E-state index in [2.05, 4.69) is 10.3 Å². The van der Waals surface area contributed by atoms with Crippen LogP contribution in [0.15, 0.2) is 24.3 Å². The van der Waals surface area contributed by atoms with Gasteiger partial charge in [0.25, 0.3) is 0 Å². The first-order valence-corrected chi connectivity index (χ1v) is 10.3. The minimum atomic E-state index is -0.540. The van der Waals surface area contributed by atoms with E-state index in [4.69, 9.17) is 16.3 Å². The molecule has 0 unspecified atom stereocenters. The number of halogens is 1. The van der Waals surface area contributed by atoms with Crippen LogP contribution >= 0.6 is 11.6 Å². The van der Waals surface area contributed by atoms with Crippen LogP contribution in [-0.2, 0) is 9.53 Å². The van der Waals surface area contributed by atoms with Crippen molar-refractivity contribution in [3.8, 4) is 0 Å². The number of methoxy groups -OCH3 is 1. The van der Waals surface area contributed by atoms with Crippen LogP contribution in [0.25, 0.3) is 10.9 Å². The SMILES string of the molecule is COC(=O)c1cc2c(NC(=O)C34CC5CC(CC(C5)C3)C4)cccc2nc1Cl. The molecule has 0 saturated heterocycles. The average Bonchev–Trinajstić information content (AvgIpc) is 2.66. The molecule has 28 heavy (non-hydrogen) atoms. The molecule has 0 atom stereocenters. The molecular formula is C22H23ClN2O3. The Bertz CT molecular complexity index is 952. The van der Waals surface area contributed by atoms with Crippen molar-refractivity contribution in [1.82, 2.24) is 4.98 Å². The second-order valence-corrected chi connectivity index (χ2v) is 9.20. The van der Waals surface area contributed by atoms with E-state index >= 15 is 0 Å². The lowest BCUT2D eigenvalue weighted by Gasteiger charge is -2.55. The largest absolute Gasteiger partial charge is 0.465 e. The van der Waals surface area contributed by atoms with Crippen LogP contribution in [-0.4, -0.2) is 24.0 Å². The first kappa shape index (κ1) is 17.9. The molecule has 4 fully saturated rings. The third-order valence-corrected chi connectivity index (χ3v) is 7.27. The number of anilines is 1. The Morgan fingerprint density at radius 3 is 2.39 bits per heavy atom. The molecule has 6 rings (SSSR count). The van der Waals surface area contributed by atoms with E-state index in [1.807, 2.05) is 18.2 Å². The number of hydrogen-bond donors (Lipinski definition) is 1. The zero-order chi connectivity index (χ0) is 19.5. The quantitative estimate of drug-likeness (QED) is 0.594. The van der Waals surface area contributed by atoms with Crippen molar-refractivity contribution in [1.29, 1.82) is 0 Å². The summed E-state index contributed by atoms with van der Waals surface area (Å²) in [6, 6.07) is 7.19. The Labute approximate surface area is 168 Å². The number of aromatic nitrogens is 1. The predicted octanol–water partition coefficient (Wildman–Crippen LogP) is 4.83. The third kappa shape index (κ3) is 2.79. The summed E-state index contributed by atoms with van der Waals surface area (Å²) in [6.07, 6.45) is 6.91. The van der Waals surface area contributed by atoms with Crippen LogP contribution in [0.3, 0.4) is 0 Å². The summed E-state index contributed by atoms with van der Waals surface area (Å²) in [6.45, 7) is 0. The Hall–Kier alpha value is -2.14. The van der Waals surface area contributed by atoms with Crippen LogP contribution < -0.4 is 5.32 Å². The van der Waals surface area contributed by atoms with Gasteiger partial charge >= 0.3 is 5.97 Å². The summed E-state index contributed by atoms with van der Waals surface area (Å²) in [5.74, 6) is 1.69. The minimum absolute atomic E-state index is 0.101. The topological polar surface area (TPSA) is 68.3 Å². The van der Waals surface area contributed by atoms with Crippen molar-refractivity contribution in [3.05, 3.63) is 35.0 Å². The molecule has 1 N–H and O–H groups in total. The Balaban J connectivity index is 1.50. The van der Waals surface area contributed by atoms with Gasteiger partial charge in [-0.3, -0.25) is 4.79 Å². The lowest BCUT2D eigenvalue weighted by Crippen LogP contribution is -2.51. The number of nitrogens with zero attached hydrogens (tertiary/aromatic N) is 1. The van der Waals surface area contributed by atoms with Gasteiger partial charge in [-0.15, -0.1) is 0 Å². The van der Waals surface area contributed by atoms with E-state index < -0.39 is 5.97 Å². The average molecular weight is 399 g/mol. The zero-order valence-corrected chi connectivity index (χ0v) is 16.6. The molecule has 1 heterocycles. The van der Waals surface area contributed by atoms with E-state index in [-0.39, 0.29) is 22.0 Å². The van der Waals surface area contributed by atoms with Crippen molar-refractivity contribution in [3.63, 3.8) is 0 Å². The molecule has 6 heteroatoms. The highest BCUT2D eigenvalue weighted by Crippen LogP contribution is 2.60. The molecule has 4 aliphatic rings. The van der Waals surface area contributed by atoms with Crippen molar-refractivity contribution < 1.29 is 14.3 Å². The maximum absolute atomic E-state index is 13.4.